The number of aryl methyl sites for hydroxylation is 2. The first kappa shape index (κ1) is 7.84. The fourth-order valence-electron chi connectivity index (χ4n) is 1.29. The molecule has 0 unspecified atom stereocenters. The van der Waals surface area contributed by atoms with E-state index in [2.05, 4.69) is 15.6 Å². The molecule has 0 saturated carbocycles. The van der Waals surface area contributed by atoms with E-state index >= 15 is 0 Å². The predicted octanol–water partition coefficient (Wildman–Crippen LogP) is 1.78. The van der Waals surface area contributed by atoms with E-state index in [1.165, 1.54) is 5.56 Å². The van der Waals surface area contributed by atoms with Crippen LogP contribution in [0.25, 0.3) is 11.1 Å². The molecule has 0 aliphatic carbocycles. The number of aromatic nitrogens is 1. The molecule has 2 nitrogen and oxygen atoms in total. The Balaban J connectivity index is 3.05. The van der Waals surface area contributed by atoms with E-state index in [0.29, 0.717) is 0 Å². The molecule has 0 saturated heterocycles. The molecule has 0 amide bonds. The van der Waals surface area contributed by atoms with Crippen LogP contribution in [-0.4, -0.2) is 20.1 Å². The molecule has 2 aromatic rings. The Morgan fingerprint density at radius 1 is 1.42 bits per heavy atom. The topological polar surface area (TPSA) is 18.1 Å². The second-order valence-corrected chi connectivity index (χ2v) is 3.58. The second kappa shape index (κ2) is 2.61. The number of hydrogen-bond donors (Lipinski definition) is 0. The SMILES string of the molecule is Cc1cccc2c1oc(=[Se])n2C. The Hall–Kier alpha value is -0.791. The first-order chi connectivity index (χ1) is 5.70. The fraction of sp³-hybridized carbons (Fsp3) is 0.222. The van der Waals surface area contributed by atoms with Gasteiger partial charge in [-0.15, -0.1) is 0 Å². The minimum absolute atomic E-state index is 0.819. The number of oxazole rings is 1. The quantitative estimate of drug-likeness (QED) is 0.626. The van der Waals surface area contributed by atoms with Gasteiger partial charge in [0.15, 0.2) is 0 Å². The predicted molar refractivity (Wildman–Crippen MR) is 48.9 cm³/mol. The number of rotatable bonds is 0. The molecule has 0 aliphatic rings. The van der Waals surface area contributed by atoms with Gasteiger partial charge < -0.3 is 0 Å². The summed E-state index contributed by atoms with van der Waals surface area (Å²) in [6, 6.07) is 6.13. The van der Waals surface area contributed by atoms with Crippen molar-refractivity contribution in [2.45, 2.75) is 6.92 Å². The maximum absolute atomic E-state index is 5.54. The molecule has 1 aromatic heterocycles. The fourth-order valence-corrected chi connectivity index (χ4v) is 1.67. The summed E-state index contributed by atoms with van der Waals surface area (Å²) < 4.78 is 8.36. The van der Waals surface area contributed by atoms with Crippen LogP contribution in [0.2, 0.25) is 0 Å². The van der Waals surface area contributed by atoms with Crippen molar-refractivity contribution >= 4 is 26.7 Å². The zero-order valence-electron chi connectivity index (χ0n) is 7.00. The molecule has 1 aromatic carbocycles. The number of hydrogen-bond acceptors (Lipinski definition) is 1. The molecule has 0 radical (unpaired) electrons. The average molecular weight is 226 g/mol. The van der Waals surface area contributed by atoms with Crippen molar-refractivity contribution < 1.29 is 4.42 Å². The van der Waals surface area contributed by atoms with Crippen LogP contribution in [-0.2, 0) is 7.05 Å². The molecule has 0 spiro atoms. The molecule has 0 fully saturated rings. The first-order valence-electron chi connectivity index (χ1n) is 3.75. The molecule has 12 heavy (non-hydrogen) atoms. The van der Waals surface area contributed by atoms with Gasteiger partial charge in [-0.3, -0.25) is 0 Å². The van der Waals surface area contributed by atoms with Crippen molar-refractivity contribution in [3.05, 3.63) is 28.2 Å². The Morgan fingerprint density at radius 3 is 2.83 bits per heavy atom. The summed E-state index contributed by atoms with van der Waals surface area (Å²) in [6.07, 6.45) is 0. The molecule has 1 heterocycles. The van der Waals surface area contributed by atoms with Crippen LogP contribution < -0.4 is 0 Å². The monoisotopic (exact) mass is 227 g/mol. The molecular weight excluding hydrogens is 217 g/mol. The van der Waals surface area contributed by atoms with E-state index in [1.807, 2.05) is 36.7 Å². The van der Waals surface area contributed by atoms with Crippen molar-refractivity contribution in [3.8, 4) is 0 Å². The van der Waals surface area contributed by atoms with Crippen LogP contribution in [0.3, 0.4) is 0 Å². The van der Waals surface area contributed by atoms with Gasteiger partial charge in [0.1, 0.15) is 0 Å². The van der Waals surface area contributed by atoms with E-state index in [9.17, 15) is 0 Å². The number of fused-ring (bicyclic) bond motifs is 1. The first-order valence-corrected chi connectivity index (χ1v) is 4.61. The normalized spacial score (nSPS) is 10.8. The summed E-state index contributed by atoms with van der Waals surface area (Å²) in [4.78, 5) is 0. The number of benzene rings is 1. The Bertz CT molecular complexity index is 481. The summed E-state index contributed by atoms with van der Waals surface area (Å²) in [6.45, 7) is 2.05. The van der Waals surface area contributed by atoms with Crippen LogP contribution in [0.4, 0.5) is 0 Å². The third kappa shape index (κ3) is 0.977. The average Bonchev–Trinajstić information content (AvgIpc) is 2.32. The van der Waals surface area contributed by atoms with Crippen LogP contribution in [0.5, 0.6) is 0 Å². The molecule has 0 aliphatic heterocycles. The van der Waals surface area contributed by atoms with Crippen LogP contribution in [0.1, 0.15) is 5.56 Å². The van der Waals surface area contributed by atoms with E-state index in [1.54, 1.807) is 0 Å². The molecule has 3 heteroatoms. The Morgan fingerprint density at radius 2 is 2.17 bits per heavy atom. The molecule has 62 valence electrons. The van der Waals surface area contributed by atoms with Gasteiger partial charge in [0.25, 0.3) is 0 Å². The van der Waals surface area contributed by atoms with Gasteiger partial charge in [-0.25, -0.2) is 0 Å². The third-order valence-corrected chi connectivity index (χ3v) is 2.77. The molecular formula is C9H9NOSe. The Labute approximate surface area is 78.2 Å². The van der Waals surface area contributed by atoms with Crippen molar-refractivity contribution in [3.63, 3.8) is 0 Å². The van der Waals surface area contributed by atoms with E-state index < -0.39 is 0 Å². The van der Waals surface area contributed by atoms with Gasteiger partial charge in [0.2, 0.25) is 0 Å². The van der Waals surface area contributed by atoms with Crippen LogP contribution in [0, 0.1) is 11.3 Å². The van der Waals surface area contributed by atoms with E-state index in [4.69, 9.17) is 4.42 Å². The van der Waals surface area contributed by atoms with Crippen molar-refractivity contribution in [2.75, 3.05) is 0 Å². The molecule has 0 bridgehead atoms. The summed E-state index contributed by atoms with van der Waals surface area (Å²) in [5, 5.41) is 0. The molecule has 0 atom stereocenters. The van der Waals surface area contributed by atoms with Gasteiger partial charge in [-0.05, 0) is 0 Å². The van der Waals surface area contributed by atoms with Crippen LogP contribution >= 0.6 is 0 Å². The maximum atomic E-state index is 5.54. The third-order valence-electron chi connectivity index (χ3n) is 2.02. The van der Waals surface area contributed by atoms with Gasteiger partial charge in [-0.1, -0.05) is 0 Å². The standard InChI is InChI=1S/C9H9NOSe/c1-6-4-3-5-7-8(6)11-9(12)10(7)2/h3-5H,1-2H3. The number of nitrogens with zero attached hydrogens (tertiary/aromatic N) is 1. The van der Waals surface area contributed by atoms with Crippen LogP contribution in [0.15, 0.2) is 22.6 Å². The zero-order valence-corrected chi connectivity index (χ0v) is 8.71. The molecule has 2 rings (SSSR count). The van der Waals surface area contributed by atoms with Crippen molar-refractivity contribution in [1.29, 1.82) is 0 Å². The zero-order chi connectivity index (χ0) is 8.72. The molecule has 0 N–H and O–H groups in total. The van der Waals surface area contributed by atoms with Crippen molar-refractivity contribution in [1.82, 2.24) is 4.57 Å². The van der Waals surface area contributed by atoms with Gasteiger partial charge in [0, 0.05) is 0 Å². The summed E-state index contributed by atoms with van der Waals surface area (Å²) in [5.41, 5.74) is 3.27. The number of para-hydroxylation sites is 1. The Kier molecular flexibility index (Phi) is 1.71. The second-order valence-electron chi connectivity index (χ2n) is 2.85. The summed E-state index contributed by atoms with van der Waals surface area (Å²) >= 11 is 2.88. The van der Waals surface area contributed by atoms with Gasteiger partial charge in [0.05, 0.1) is 0 Å². The van der Waals surface area contributed by atoms with E-state index in [0.717, 1.165) is 15.5 Å². The van der Waals surface area contributed by atoms with Gasteiger partial charge in [-0.2, -0.15) is 0 Å². The van der Waals surface area contributed by atoms with Crippen molar-refractivity contribution in [2.24, 2.45) is 7.05 Å². The van der Waals surface area contributed by atoms with E-state index in [-0.39, 0.29) is 0 Å². The summed E-state index contributed by atoms with van der Waals surface area (Å²) in [7, 11) is 1.98. The van der Waals surface area contributed by atoms with Gasteiger partial charge >= 0.3 is 77.8 Å². The minimum atomic E-state index is 0.819. The summed E-state index contributed by atoms with van der Waals surface area (Å²) in [5.74, 6) is 0.